The molecule has 0 unspecified atom stereocenters. The zero-order chi connectivity index (χ0) is 22.9. The Labute approximate surface area is 186 Å². The molecule has 8 heteroatoms. The van der Waals surface area contributed by atoms with E-state index in [0.29, 0.717) is 28.9 Å². The highest BCUT2D eigenvalue weighted by Gasteiger charge is 2.24. The fraction of sp³-hybridized carbons (Fsp3) is 0.125. The molecule has 0 aliphatic carbocycles. The van der Waals surface area contributed by atoms with Crippen LogP contribution in [0.1, 0.15) is 11.3 Å². The van der Waals surface area contributed by atoms with Crippen molar-refractivity contribution in [1.29, 1.82) is 0 Å². The summed E-state index contributed by atoms with van der Waals surface area (Å²) in [4.78, 5) is -0.0420. The highest BCUT2D eigenvalue weighted by Crippen LogP contribution is 2.38. The summed E-state index contributed by atoms with van der Waals surface area (Å²) in [6.45, 7) is 2.34. The fourth-order valence-electron chi connectivity index (χ4n) is 3.72. The molecular weight excluding hydrogens is 429 g/mol. The Hall–Kier alpha value is -3.49. The number of halogens is 1. The second-order valence-electron chi connectivity index (χ2n) is 7.34. The molecule has 0 aliphatic heterocycles. The number of rotatable bonds is 6. The third-order valence-electron chi connectivity index (χ3n) is 5.27. The SMILES string of the molecule is COc1ccc(-c2c(-c3ccccc3S(N)(=O)=O)nn(Cc3ccccc3)c2C)cc1F. The van der Waals surface area contributed by atoms with Crippen molar-refractivity contribution in [1.82, 2.24) is 9.78 Å². The van der Waals surface area contributed by atoms with Crippen molar-refractivity contribution in [3.8, 4) is 28.1 Å². The number of nitrogens with zero attached hydrogens (tertiary/aromatic N) is 2. The van der Waals surface area contributed by atoms with Gasteiger partial charge in [0.2, 0.25) is 10.0 Å². The molecular formula is C24H22FN3O3S. The first-order chi connectivity index (χ1) is 15.3. The van der Waals surface area contributed by atoms with Gasteiger partial charge in [0, 0.05) is 16.8 Å². The first-order valence-electron chi connectivity index (χ1n) is 9.87. The number of aromatic nitrogens is 2. The van der Waals surface area contributed by atoms with E-state index in [1.54, 1.807) is 28.9 Å². The lowest BCUT2D eigenvalue weighted by Gasteiger charge is -2.10. The summed E-state index contributed by atoms with van der Waals surface area (Å²) in [5, 5.41) is 10.2. The van der Waals surface area contributed by atoms with Crippen LogP contribution in [0.15, 0.2) is 77.7 Å². The molecule has 1 aromatic heterocycles. The Morgan fingerprint density at radius 2 is 1.72 bits per heavy atom. The van der Waals surface area contributed by atoms with Gasteiger partial charge in [-0.2, -0.15) is 5.10 Å². The third-order valence-corrected chi connectivity index (χ3v) is 6.24. The molecule has 0 saturated carbocycles. The molecule has 4 aromatic rings. The molecule has 0 atom stereocenters. The predicted octanol–water partition coefficient (Wildman–Crippen LogP) is 4.37. The highest BCUT2D eigenvalue weighted by atomic mass is 32.2. The molecule has 0 spiro atoms. The molecule has 0 bridgehead atoms. The van der Waals surface area contributed by atoms with Gasteiger partial charge in [0.15, 0.2) is 11.6 Å². The van der Waals surface area contributed by atoms with Crippen LogP contribution in [0, 0.1) is 12.7 Å². The van der Waals surface area contributed by atoms with Gasteiger partial charge in [0.25, 0.3) is 0 Å². The average molecular weight is 452 g/mol. The average Bonchev–Trinajstić information content (AvgIpc) is 3.09. The summed E-state index contributed by atoms with van der Waals surface area (Å²) in [5.41, 5.74) is 3.73. The minimum atomic E-state index is -4.01. The van der Waals surface area contributed by atoms with Crippen molar-refractivity contribution in [3.63, 3.8) is 0 Å². The number of primary sulfonamides is 1. The summed E-state index contributed by atoms with van der Waals surface area (Å²) in [6, 6.07) is 20.8. The minimum Gasteiger partial charge on any atom is -0.494 e. The largest absolute Gasteiger partial charge is 0.494 e. The normalized spacial score (nSPS) is 11.5. The zero-order valence-corrected chi connectivity index (χ0v) is 18.4. The van der Waals surface area contributed by atoms with E-state index in [1.807, 2.05) is 37.3 Å². The van der Waals surface area contributed by atoms with E-state index in [0.717, 1.165) is 11.3 Å². The van der Waals surface area contributed by atoms with E-state index in [2.05, 4.69) is 0 Å². The monoisotopic (exact) mass is 451 g/mol. The van der Waals surface area contributed by atoms with E-state index in [1.165, 1.54) is 25.3 Å². The van der Waals surface area contributed by atoms with E-state index >= 15 is 0 Å². The van der Waals surface area contributed by atoms with Crippen LogP contribution >= 0.6 is 0 Å². The van der Waals surface area contributed by atoms with Gasteiger partial charge >= 0.3 is 0 Å². The van der Waals surface area contributed by atoms with Gasteiger partial charge in [-0.15, -0.1) is 0 Å². The number of nitrogens with two attached hydrogens (primary N) is 1. The fourth-order valence-corrected chi connectivity index (χ4v) is 4.46. The van der Waals surface area contributed by atoms with E-state index in [4.69, 9.17) is 15.0 Å². The third kappa shape index (κ3) is 4.15. The van der Waals surface area contributed by atoms with Crippen molar-refractivity contribution in [2.75, 3.05) is 7.11 Å². The second kappa shape index (κ2) is 8.57. The Kier molecular flexibility index (Phi) is 5.82. The van der Waals surface area contributed by atoms with Crippen LogP contribution < -0.4 is 9.88 Å². The van der Waals surface area contributed by atoms with Crippen molar-refractivity contribution in [2.45, 2.75) is 18.4 Å². The summed E-state index contributed by atoms with van der Waals surface area (Å²) in [5.74, 6) is -0.402. The molecule has 4 rings (SSSR count). The number of ether oxygens (including phenoxy) is 1. The minimum absolute atomic E-state index is 0.0420. The number of hydrogen-bond donors (Lipinski definition) is 1. The lowest BCUT2D eigenvalue weighted by molar-refractivity contribution is 0.386. The van der Waals surface area contributed by atoms with Crippen LogP contribution in [0.2, 0.25) is 0 Å². The summed E-state index contributed by atoms with van der Waals surface area (Å²) in [7, 11) is -2.61. The zero-order valence-electron chi connectivity index (χ0n) is 17.6. The van der Waals surface area contributed by atoms with Gasteiger partial charge in [-0.05, 0) is 36.2 Å². The quantitative estimate of drug-likeness (QED) is 0.472. The molecule has 3 aromatic carbocycles. The Balaban J connectivity index is 1.97. The molecule has 6 nitrogen and oxygen atoms in total. The maximum Gasteiger partial charge on any atom is 0.238 e. The number of hydrogen-bond acceptors (Lipinski definition) is 4. The van der Waals surface area contributed by atoms with Gasteiger partial charge in [-0.3, -0.25) is 4.68 Å². The number of benzene rings is 3. The van der Waals surface area contributed by atoms with Gasteiger partial charge in [0.1, 0.15) is 5.69 Å². The number of methoxy groups -OCH3 is 1. The molecule has 164 valence electrons. The highest BCUT2D eigenvalue weighted by molar-refractivity contribution is 7.89. The Bertz CT molecular complexity index is 1380. The van der Waals surface area contributed by atoms with E-state index in [9.17, 15) is 12.8 Å². The summed E-state index contributed by atoms with van der Waals surface area (Å²) in [6.07, 6.45) is 0. The number of sulfonamides is 1. The molecule has 0 aliphatic rings. The first kappa shape index (κ1) is 21.7. The van der Waals surface area contributed by atoms with Gasteiger partial charge in [-0.1, -0.05) is 54.6 Å². The van der Waals surface area contributed by atoms with Gasteiger partial charge < -0.3 is 4.74 Å². The van der Waals surface area contributed by atoms with Gasteiger partial charge in [0.05, 0.1) is 18.6 Å². The molecule has 2 N–H and O–H groups in total. The molecule has 32 heavy (non-hydrogen) atoms. The second-order valence-corrected chi connectivity index (χ2v) is 8.87. The molecule has 0 fully saturated rings. The van der Waals surface area contributed by atoms with Crippen LogP contribution in [0.3, 0.4) is 0 Å². The molecule has 0 amide bonds. The van der Waals surface area contributed by atoms with Crippen LogP contribution in [0.25, 0.3) is 22.4 Å². The molecule has 1 heterocycles. The lowest BCUT2D eigenvalue weighted by atomic mass is 9.99. The van der Waals surface area contributed by atoms with Crippen molar-refractivity contribution in [2.24, 2.45) is 5.14 Å². The molecule has 0 radical (unpaired) electrons. The van der Waals surface area contributed by atoms with E-state index < -0.39 is 15.8 Å². The van der Waals surface area contributed by atoms with Crippen LogP contribution in [0.4, 0.5) is 4.39 Å². The first-order valence-corrected chi connectivity index (χ1v) is 11.4. The summed E-state index contributed by atoms with van der Waals surface area (Å²) < 4.78 is 45.9. The van der Waals surface area contributed by atoms with Crippen LogP contribution in [-0.2, 0) is 16.6 Å². The van der Waals surface area contributed by atoms with Gasteiger partial charge in [-0.25, -0.2) is 17.9 Å². The Morgan fingerprint density at radius 3 is 2.38 bits per heavy atom. The maximum atomic E-state index is 14.6. The lowest BCUT2D eigenvalue weighted by Crippen LogP contribution is -2.13. The topological polar surface area (TPSA) is 87.2 Å². The van der Waals surface area contributed by atoms with Crippen LogP contribution in [-0.4, -0.2) is 25.3 Å². The smallest absolute Gasteiger partial charge is 0.238 e. The maximum absolute atomic E-state index is 14.6. The van der Waals surface area contributed by atoms with Crippen molar-refractivity contribution in [3.05, 3.63) is 89.9 Å². The van der Waals surface area contributed by atoms with Crippen LogP contribution in [0.5, 0.6) is 5.75 Å². The van der Waals surface area contributed by atoms with Crippen molar-refractivity contribution >= 4 is 10.0 Å². The predicted molar refractivity (Wildman–Crippen MR) is 121 cm³/mol. The standard InChI is InChI=1S/C24H22FN3O3S/c1-16-23(18-12-13-21(31-2)20(25)14-18)24(19-10-6-7-11-22(19)32(26,29)30)27-28(16)15-17-8-4-3-5-9-17/h3-14H,15H2,1-2H3,(H2,26,29,30). The Morgan fingerprint density at radius 1 is 1.03 bits per heavy atom. The summed E-state index contributed by atoms with van der Waals surface area (Å²) >= 11 is 0. The van der Waals surface area contributed by atoms with Crippen molar-refractivity contribution < 1.29 is 17.5 Å². The van der Waals surface area contributed by atoms with E-state index in [-0.39, 0.29) is 10.6 Å². The molecule has 0 saturated heterocycles.